The molecule has 1 aliphatic heterocycles. The fraction of sp³-hybridized carbons (Fsp3) is 0.348. The molecule has 0 amide bonds. The second kappa shape index (κ2) is 7.99. The van der Waals surface area contributed by atoms with E-state index in [-0.39, 0.29) is 11.2 Å². The first-order valence-corrected chi connectivity index (χ1v) is 10.1. The van der Waals surface area contributed by atoms with Gasteiger partial charge in [0.1, 0.15) is 0 Å². The number of nitro benzene ring substituents is 1. The lowest BCUT2D eigenvalue weighted by Crippen LogP contribution is -2.45. The molecule has 0 N–H and O–H groups in total. The fourth-order valence-corrected chi connectivity index (χ4v) is 4.07. The maximum absolute atomic E-state index is 11.2. The van der Waals surface area contributed by atoms with Gasteiger partial charge < -0.3 is 4.90 Å². The predicted molar refractivity (Wildman–Crippen MR) is 122 cm³/mol. The van der Waals surface area contributed by atoms with Gasteiger partial charge >= 0.3 is 0 Å². The molecule has 0 aliphatic carbocycles. The van der Waals surface area contributed by atoms with Gasteiger partial charge in [0.2, 0.25) is 0 Å². The molecule has 2 aromatic rings. The summed E-state index contributed by atoms with van der Waals surface area (Å²) in [4.78, 5) is 17.6. The van der Waals surface area contributed by atoms with Crippen molar-refractivity contribution in [1.82, 2.24) is 0 Å². The van der Waals surface area contributed by atoms with Gasteiger partial charge in [0.05, 0.1) is 21.2 Å². The highest BCUT2D eigenvalue weighted by atomic mass is 35.5. The number of hydrogen-bond donors (Lipinski definition) is 0. The number of hydrogen-bond acceptors (Lipinski definition) is 4. The van der Waals surface area contributed by atoms with Crippen molar-refractivity contribution in [3.8, 4) is 0 Å². The molecule has 1 aliphatic rings. The smallest absolute Gasteiger partial charge is 0.274 e. The van der Waals surface area contributed by atoms with E-state index < -0.39 is 4.92 Å². The van der Waals surface area contributed by atoms with Crippen molar-refractivity contribution in [3.05, 3.63) is 68.2 Å². The Morgan fingerprint density at radius 2 is 1.97 bits per heavy atom. The molecule has 0 saturated carbocycles. The summed E-state index contributed by atoms with van der Waals surface area (Å²) in [5.41, 5.74) is 5.38. The van der Waals surface area contributed by atoms with Crippen LogP contribution in [0.2, 0.25) is 5.02 Å². The Morgan fingerprint density at radius 1 is 1.24 bits per heavy atom. The Labute approximate surface area is 176 Å². The lowest BCUT2D eigenvalue weighted by atomic mass is 9.88. The van der Waals surface area contributed by atoms with E-state index >= 15 is 0 Å². The molecule has 0 radical (unpaired) electrons. The van der Waals surface area contributed by atoms with Gasteiger partial charge in [0.25, 0.3) is 5.69 Å². The van der Waals surface area contributed by atoms with Crippen molar-refractivity contribution in [3.63, 3.8) is 0 Å². The van der Waals surface area contributed by atoms with Crippen LogP contribution in [-0.2, 0) is 0 Å². The summed E-state index contributed by atoms with van der Waals surface area (Å²) >= 11 is 6.60. The lowest BCUT2D eigenvalue weighted by Gasteiger charge is -2.43. The second-order valence-corrected chi connectivity index (χ2v) is 8.42. The van der Waals surface area contributed by atoms with Crippen molar-refractivity contribution in [2.24, 2.45) is 4.99 Å². The number of benzene rings is 2. The lowest BCUT2D eigenvalue weighted by molar-refractivity contribution is -0.385. The summed E-state index contributed by atoms with van der Waals surface area (Å²) in [5.74, 6) is 0. The zero-order chi connectivity index (χ0) is 21.3. The SMILES string of the molecule is CCCN1c2cc(Cl)c(C=Nc3ccc(C)c([N+](=O)[O-])c3)cc2C(C)=CC1(C)C. The van der Waals surface area contributed by atoms with Gasteiger partial charge in [0, 0.05) is 41.2 Å². The number of rotatable bonds is 5. The summed E-state index contributed by atoms with van der Waals surface area (Å²) in [6.07, 6.45) is 5.00. The van der Waals surface area contributed by atoms with E-state index in [9.17, 15) is 10.1 Å². The Hall–Kier alpha value is -2.66. The molecule has 3 rings (SSSR count). The molecule has 5 nitrogen and oxygen atoms in total. The van der Waals surface area contributed by atoms with E-state index in [2.05, 4.69) is 43.7 Å². The summed E-state index contributed by atoms with van der Waals surface area (Å²) in [5, 5.41) is 11.8. The summed E-state index contributed by atoms with van der Waals surface area (Å²) in [6.45, 7) is 11.4. The molecule has 0 bridgehead atoms. The maximum Gasteiger partial charge on any atom is 0.274 e. The zero-order valence-electron chi connectivity index (χ0n) is 17.5. The molecule has 0 spiro atoms. The minimum atomic E-state index is -0.390. The van der Waals surface area contributed by atoms with Crippen LogP contribution < -0.4 is 4.90 Å². The molecule has 0 atom stereocenters. The minimum Gasteiger partial charge on any atom is -0.362 e. The van der Waals surface area contributed by atoms with Gasteiger partial charge in [-0.25, -0.2) is 0 Å². The van der Waals surface area contributed by atoms with E-state index in [4.69, 9.17) is 11.6 Å². The van der Waals surface area contributed by atoms with E-state index in [0.717, 1.165) is 29.8 Å². The van der Waals surface area contributed by atoms with Crippen LogP contribution >= 0.6 is 11.6 Å². The van der Waals surface area contributed by atoms with Crippen molar-refractivity contribution in [1.29, 1.82) is 0 Å². The van der Waals surface area contributed by atoms with Crippen LogP contribution in [-0.4, -0.2) is 23.2 Å². The monoisotopic (exact) mass is 411 g/mol. The Balaban J connectivity index is 2.01. The normalized spacial score (nSPS) is 15.4. The quantitative estimate of drug-likeness (QED) is 0.311. The number of fused-ring (bicyclic) bond motifs is 1. The fourth-order valence-electron chi connectivity index (χ4n) is 3.86. The van der Waals surface area contributed by atoms with Crippen molar-refractivity contribution in [2.45, 2.75) is 46.6 Å². The molecule has 2 aromatic carbocycles. The van der Waals surface area contributed by atoms with Crippen LogP contribution in [0.15, 0.2) is 41.4 Å². The number of nitro groups is 1. The molecular formula is C23H26ClN3O2. The number of anilines is 1. The molecule has 152 valence electrons. The third-order valence-electron chi connectivity index (χ3n) is 5.29. The van der Waals surface area contributed by atoms with Gasteiger partial charge in [0.15, 0.2) is 0 Å². The molecule has 0 aromatic heterocycles. The molecular weight excluding hydrogens is 386 g/mol. The molecule has 0 fully saturated rings. The minimum absolute atomic E-state index is 0.0624. The van der Waals surface area contributed by atoms with Gasteiger partial charge in [-0.2, -0.15) is 0 Å². The highest BCUT2D eigenvalue weighted by Crippen LogP contribution is 2.41. The zero-order valence-corrected chi connectivity index (χ0v) is 18.2. The average Bonchev–Trinajstić information content (AvgIpc) is 2.64. The standard InChI is InChI=1S/C23H26ClN3O2/c1-6-9-26-22-12-20(24)17(10-19(22)16(3)13-23(26,4)5)14-25-18-8-7-15(2)21(11-18)27(28)29/h7-8,10-14H,6,9H2,1-5H3. The second-order valence-electron chi connectivity index (χ2n) is 8.01. The maximum atomic E-state index is 11.2. The van der Waals surface area contributed by atoms with E-state index in [1.165, 1.54) is 11.6 Å². The summed E-state index contributed by atoms with van der Waals surface area (Å²) in [6, 6.07) is 9.00. The van der Waals surface area contributed by atoms with Crippen molar-refractivity contribution in [2.75, 3.05) is 11.4 Å². The van der Waals surface area contributed by atoms with Crippen LogP contribution in [0.5, 0.6) is 0 Å². The third-order valence-corrected chi connectivity index (χ3v) is 5.61. The number of nitrogens with zero attached hydrogens (tertiary/aromatic N) is 3. The van der Waals surface area contributed by atoms with E-state index in [1.807, 2.05) is 12.1 Å². The molecule has 0 saturated heterocycles. The average molecular weight is 412 g/mol. The Kier molecular flexibility index (Phi) is 5.80. The Morgan fingerprint density at radius 3 is 2.62 bits per heavy atom. The van der Waals surface area contributed by atoms with Crippen LogP contribution in [0.4, 0.5) is 17.1 Å². The van der Waals surface area contributed by atoms with Gasteiger partial charge in [-0.3, -0.25) is 15.1 Å². The molecule has 0 unspecified atom stereocenters. The van der Waals surface area contributed by atoms with Crippen LogP contribution in [0.1, 0.15) is 50.8 Å². The number of allylic oxidation sites excluding steroid dienone is 1. The first-order chi connectivity index (χ1) is 13.6. The predicted octanol–water partition coefficient (Wildman–Crippen LogP) is 6.72. The number of aryl methyl sites for hydroxylation is 1. The molecule has 6 heteroatoms. The summed E-state index contributed by atoms with van der Waals surface area (Å²) in [7, 11) is 0. The van der Waals surface area contributed by atoms with Gasteiger partial charge in [-0.15, -0.1) is 0 Å². The topological polar surface area (TPSA) is 58.7 Å². The van der Waals surface area contributed by atoms with Crippen LogP contribution in [0.25, 0.3) is 5.57 Å². The van der Waals surface area contributed by atoms with Crippen molar-refractivity contribution >= 4 is 40.5 Å². The van der Waals surface area contributed by atoms with E-state index in [0.29, 0.717) is 16.3 Å². The highest BCUT2D eigenvalue weighted by Gasteiger charge is 2.31. The first kappa shape index (κ1) is 21.1. The van der Waals surface area contributed by atoms with E-state index in [1.54, 1.807) is 25.3 Å². The molecule has 1 heterocycles. The first-order valence-electron chi connectivity index (χ1n) is 9.74. The third kappa shape index (κ3) is 4.20. The van der Waals surface area contributed by atoms with Gasteiger partial charge in [-0.1, -0.05) is 30.7 Å². The van der Waals surface area contributed by atoms with Crippen LogP contribution in [0, 0.1) is 17.0 Å². The highest BCUT2D eigenvalue weighted by molar-refractivity contribution is 6.33. The Bertz CT molecular complexity index is 1030. The van der Waals surface area contributed by atoms with Crippen molar-refractivity contribution < 1.29 is 4.92 Å². The molecule has 29 heavy (non-hydrogen) atoms. The number of halogens is 1. The van der Waals surface area contributed by atoms with Gasteiger partial charge in [-0.05, 0) is 57.9 Å². The van der Waals surface area contributed by atoms with Crippen LogP contribution in [0.3, 0.4) is 0 Å². The largest absolute Gasteiger partial charge is 0.362 e. The summed E-state index contributed by atoms with van der Waals surface area (Å²) < 4.78 is 0. The number of aliphatic imine (C=N–C) groups is 1.